The second kappa shape index (κ2) is 23.7. The average molecular weight is 802 g/mol. The van der Waals surface area contributed by atoms with Crippen molar-refractivity contribution in [3.63, 3.8) is 0 Å². The standard InChI is InChI=1S/C42H71N7O8/c1-10-29(4)38(47(7)36(51)27-44-41(53)37(28(2)3)46(6)23-24-48-21-18-43-19-22-48)34(56-8)26-35(50)49-20-14-17-33(49)39(57-9)30(5)40(52)45-32(42(54)55)25-31-15-12-11-13-16-31/h11-13,15-16,28-30,32-34,37-39,43H,10,14,17-27H2,1-9H3,(H,44,53)(H,45,52)(H,54,55). The van der Waals surface area contributed by atoms with Crippen LogP contribution in [0.1, 0.15) is 65.9 Å². The minimum Gasteiger partial charge on any atom is -0.480 e. The molecule has 8 unspecified atom stereocenters. The number of ether oxygens (including phenoxy) is 2. The first-order valence-corrected chi connectivity index (χ1v) is 20.7. The van der Waals surface area contributed by atoms with Crippen LogP contribution in [0, 0.1) is 17.8 Å². The van der Waals surface area contributed by atoms with E-state index in [1.54, 1.807) is 23.8 Å². The minimum absolute atomic E-state index is 0.00550. The first-order valence-electron chi connectivity index (χ1n) is 20.7. The van der Waals surface area contributed by atoms with Crippen LogP contribution in [-0.4, -0.2) is 171 Å². The van der Waals surface area contributed by atoms with Crippen LogP contribution in [0.5, 0.6) is 0 Å². The molecule has 4 amide bonds. The van der Waals surface area contributed by atoms with E-state index in [9.17, 15) is 29.1 Å². The lowest BCUT2D eigenvalue weighted by Crippen LogP contribution is -2.56. The molecule has 1 aromatic rings. The molecule has 2 saturated heterocycles. The maximum absolute atomic E-state index is 14.1. The number of carbonyl (C=O) groups is 5. The lowest BCUT2D eigenvalue weighted by molar-refractivity contribution is -0.147. The molecule has 322 valence electrons. The number of benzene rings is 1. The summed E-state index contributed by atoms with van der Waals surface area (Å²) in [7, 11) is 6.69. The van der Waals surface area contributed by atoms with Crippen molar-refractivity contribution < 1.29 is 38.6 Å². The van der Waals surface area contributed by atoms with Gasteiger partial charge in [0.05, 0.1) is 49.2 Å². The summed E-state index contributed by atoms with van der Waals surface area (Å²) in [4.78, 5) is 74.8. The van der Waals surface area contributed by atoms with E-state index in [-0.39, 0.29) is 48.9 Å². The van der Waals surface area contributed by atoms with Gasteiger partial charge in [0.25, 0.3) is 0 Å². The Kier molecular flexibility index (Phi) is 19.8. The third kappa shape index (κ3) is 13.7. The van der Waals surface area contributed by atoms with Crippen molar-refractivity contribution in [2.45, 2.75) is 103 Å². The van der Waals surface area contributed by atoms with Crippen LogP contribution < -0.4 is 16.0 Å². The number of hydrogen-bond acceptors (Lipinski definition) is 10. The Morgan fingerprint density at radius 3 is 2.21 bits per heavy atom. The van der Waals surface area contributed by atoms with Crippen molar-refractivity contribution in [1.29, 1.82) is 0 Å². The highest BCUT2D eigenvalue weighted by Gasteiger charge is 2.42. The number of aliphatic carboxylic acids is 1. The number of carboxylic acid groups (broad SMARTS) is 1. The number of carboxylic acids is 1. The topological polar surface area (TPSA) is 173 Å². The molecule has 8 atom stereocenters. The number of nitrogens with one attached hydrogen (secondary N) is 3. The summed E-state index contributed by atoms with van der Waals surface area (Å²) < 4.78 is 11.8. The van der Waals surface area contributed by atoms with Crippen LogP contribution in [-0.2, 0) is 39.9 Å². The molecule has 1 aromatic carbocycles. The van der Waals surface area contributed by atoms with Gasteiger partial charge >= 0.3 is 5.97 Å². The van der Waals surface area contributed by atoms with Gasteiger partial charge in [-0.2, -0.15) is 0 Å². The first kappa shape index (κ1) is 47.7. The second-order valence-electron chi connectivity index (χ2n) is 16.2. The van der Waals surface area contributed by atoms with Gasteiger partial charge in [-0.25, -0.2) is 4.79 Å². The van der Waals surface area contributed by atoms with E-state index >= 15 is 0 Å². The number of amides is 4. The molecule has 0 bridgehead atoms. The van der Waals surface area contributed by atoms with E-state index < -0.39 is 54.2 Å². The predicted molar refractivity (Wildman–Crippen MR) is 219 cm³/mol. The molecule has 0 spiro atoms. The molecular formula is C42H71N7O8. The fourth-order valence-electron chi connectivity index (χ4n) is 8.46. The highest BCUT2D eigenvalue weighted by atomic mass is 16.5. The number of nitrogens with zero attached hydrogens (tertiary/aromatic N) is 4. The lowest BCUT2D eigenvalue weighted by atomic mass is 9.90. The van der Waals surface area contributed by atoms with Gasteiger partial charge in [0, 0.05) is 73.5 Å². The maximum Gasteiger partial charge on any atom is 0.326 e. The summed E-state index contributed by atoms with van der Waals surface area (Å²) in [6.45, 7) is 15.5. The molecule has 15 heteroatoms. The van der Waals surface area contributed by atoms with E-state index in [0.29, 0.717) is 19.4 Å². The van der Waals surface area contributed by atoms with Crippen LogP contribution in [0.3, 0.4) is 0 Å². The zero-order chi connectivity index (χ0) is 42.2. The summed E-state index contributed by atoms with van der Waals surface area (Å²) in [5.74, 6) is -3.01. The number of piperazine rings is 1. The molecule has 15 nitrogen and oxygen atoms in total. The molecule has 2 heterocycles. The van der Waals surface area contributed by atoms with E-state index in [2.05, 4.69) is 25.8 Å². The van der Waals surface area contributed by atoms with E-state index in [1.165, 1.54) is 14.2 Å². The Bertz CT molecular complexity index is 1430. The molecule has 57 heavy (non-hydrogen) atoms. The van der Waals surface area contributed by atoms with Gasteiger partial charge in [0.15, 0.2) is 0 Å². The number of likely N-dealkylation sites (tertiary alicyclic amines) is 1. The summed E-state index contributed by atoms with van der Waals surface area (Å²) in [5.41, 5.74) is 0.786. The summed E-state index contributed by atoms with van der Waals surface area (Å²) >= 11 is 0. The van der Waals surface area contributed by atoms with E-state index in [1.807, 2.05) is 65.1 Å². The van der Waals surface area contributed by atoms with Gasteiger partial charge in [-0.1, -0.05) is 71.4 Å². The quantitative estimate of drug-likeness (QED) is 0.127. The second-order valence-corrected chi connectivity index (χ2v) is 16.2. The number of carbonyl (C=O) groups excluding carboxylic acids is 4. The van der Waals surface area contributed by atoms with Crippen molar-refractivity contribution in [3.8, 4) is 0 Å². The smallest absolute Gasteiger partial charge is 0.326 e. The number of hydrogen-bond donors (Lipinski definition) is 4. The highest BCUT2D eigenvalue weighted by Crippen LogP contribution is 2.29. The molecule has 0 saturated carbocycles. The van der Waals surface area contributed by atoms with Crippen LogP contribution >= 0.6 is 0 Å². The Hall–Kier alpha value is -3.63. The molecule has 3 rings (SSSR count). The Morgan fingerprint density at radius 1 is 0.965 bits per heavy atom. The largest absolute Gasteiger partial charge is 0.480 e. The molecule has 0 aliphatic carbocycles. The van der Waals surface area contributed by atoms with Crippen LogP contribution in [0.2, 0.25) is 0 Å². The molecule has 0 radical (unpaired) electrons. The van der Waals surface area contributed by atoms with Crippen molar-refractivity contribution >= 4 is 29.6 Å². The van der Waals surface area contributed by atoms with Gasteiger partial charge < -0.3 is 40.3 Å². The zero-order valence-corrected chi connectivity index (χ0v) is 35.9. The SMILES string of the molecule is CCC(C)C(C(CC(=O)N1CCCC1C(OC)C(C)C(=O)NC(Cc1ccccc1)C(=O)O)OC)N(C)C(=O)CNC(=O)C(C(C)C)N(C)CCN1CCNCC1. The van der Waals surface area contributed by atoms with Crippen LogP contribution in [0.25, 0.3) is 0 Å². The molecule has 2 fully saturated rings. The molecule has 4 N–H and O–H groups in total. The third-order valence-corrected chi connectivity index (χ3v) is 12.0. The Labute approximate surface area is 340 Å². The fraction of sp³-hybridized carbons (Fsp3) is 0.738. The highest BCUT2D eigenvalue weighted by molar-refractivity contribution is 5.88. The summed E-state index contributed by atoms with van der Waals surface area (Å²) in [5, 5.41) is 18.8. The average Bonchev–Trinajstić information content (AvgIpc) is 3.69. The van der Waals surface area contributed by atoms with Gasteiger partial charge in [-0.15, -0.1) is 0 Å². The third-order valence-electron chi connectivity index (χ3n) is 12.0. The van der Waals surface area contributed by atoms with Crippen molar-refractivity contribution in [3.05, 3.63) is 35.9 Å². The zero-order valence-electron chi connectivity index (χ0n) is 35.9. The van der Waals surface area contributed by atoms with Gasteiger partial charge in [0.2, 0.25) is 23.6 Å². The monoisotopic (exact) mass is 802 g/mol. The van der Waals surface area contributed by atoms with Crippen molar-refractivity contribution in [2.75, 3.05) is 80.7 Å². The van der Waals surface area contributed by atoms with Gasteiger partial charge in [-0.3, -0.25) is 29.0 Å². The van der Waals surface area contributed by atoms with Crippen molar-refractivity contribution in [2.24, 2.45) is 17.8 Å². The molecular weight excluding hydrogens is 731 g/mol. The Morgan fingerprint density at radius 2 is 1.63 bits per heavy atom. The maximum atomic E-state index is 14.1. The van der Waals surface area contributed by atoms with Crippen LogP contribution in [0.4, 0.5) is 0 Å². The fourth-order valence-corrected chi connectivity index (χ4v) is 8.46. The molecule has 2 aliphatic rings. The number of methoxy groups -OCH3 is 2. The van der Waals surface area contributed by atoms with Gasteiger partial charge in [0.1, 0.15) is 6.04 Å². The van der Waals surface area contributed by atoms with E-state index in [4.69, 9.17) is 9.47 Å². The Balaban J connectivity index is 1.66. The number of likely N-dealkylation sites (N-methyl/N-ethyl adjacent to an activating group) is 2. The van der Waals surface area contributed by atoms with Crippen LogP contribution in [0.15, 0.2) is 30.3 Å². The number of rotatable bonds is 23. The first-order chi connectivity index (χ1) is 27.1. The van der Waals surface area contributed by atoms with Gasteiger partial charge in [-0.05, 0) is 37.3 Å². The molecule has 0 aromatic heterocycles. The van der Waals surface area contributed by atoms with Crippen molar-refractivity contribution in [1.82, 2.24) is 35.6 Å². The molecule has 2 aliphatic heterocycles. The normalized spacial score (nSPS) is 20.0. The summed E-state index contributed by atoms with van der Waals surface area (Å²) in [6, 6.07) is 6.71. The lowest BCUT2D eigenvalue weighted by Gasteiger charge is -2.39. The summed E-state index contributed by atoms with van der Waals surface area (Å²) in [6.07, 6.45) is 0.847. The van der Waals surface area contributed by atoms with E-state index in [0.717, 1.165) is 51.3 Å². The predicted octanol–water partition coefficient (Wildman–Crippen LogP) is 1.70. The minimum atomic E-state index is -1.14.